The van der Waals surface area contributed by atoms with E-state index in [4.69, 9.17) is 9.97 Å². The number of rotatable bonds is 11. The molecule has 244 valence electrons. The highest BCUT2D eigenvalue weighted by Crippen LogP contribution is 2.41. The number of hydrogen-bond acceptors (Lipinski definition) is 7. The number of aliphatic hydroxyl groups excluding tert-OH is 1. The Labute approximate surface area is 271 Å². The van der Waals surface area contributed by atoms with E-state index in [1.54, 1.807) is 6.07 Å². The van der Waals surface area contributed by atoms with Gasteiger partial charge in [0.1, 0.15) is 13.7 Å². The van der Waals surface area contributed by atoms with Crippen LogP contribution >= 0.6 is 0 Å². The van der Waals surface area contributed by atoms with Crippen LogP contribution in [0.15, 0.2) is 41.3 Å². The highest BCUT2D eigenvalue weighted by Gasteiger charge is 2.41. The van der Waals surface area contributed by atoms with Crippen molar-refractivity contribution in [2.24, 2.45) is 5.92 Å². The van der Waals surface area contributed by atoms with Crippen molar-refractivity contribution in [1.29, 1.82) is 0 Å². The Bertz CT molecular complexity index is 1520. The molecule has 0 amide bonds. The van der Waals surface area contributed by atoms with Gasteiger partial charge in [0.05, 0.1) is 5.39 Å². The van der Waals surface area contributed by atoms with Gasteiger partial charge in [-0.15, -0.1) is 5.54 Å². The van der Waals surface area contributed by atoms with Crippen LogP contribution in [0.2, 0.25) is 16.6 Å². The van der Waals surface area contributed by atoms with Crippen molar-refractivity contribution in [2.75, 3.05) is 51.1 Å². The van der Waals surface area contributed by atoms with E-state index in [-0.39, 0.29) is 18.2 Å². The van der Waals surface area contributed by atoms with E-state index in [1.165, 1.54) is 0 Å². The van der Waals surface area contributed by atoms with Crippen molar-refractivity contribution < 1.29 is 5.11 Å². The van der Waals surface area contributed by atoms with E-state index >= 15 is 0 Å². The number of anilines is 3. The standard InChI is InChI=1S/C36H54N6O2Si/c1-25(2)45(26(3)4,27(5)6)21-18-29-22-34(44)42(32-14-10-28(24-43)11-15-32)35-33(29)23-37-36(39-35)38-30-12-16-31(17-13-30)41(9)20-19-40(7)8/h12-13,16-17,22-23,25-28,32,43H,10-11,14-15,19-20,24H2,1-9H3,(H,37,38,39). The molecule has 2 heterocycles. The van der Waals surface area contributed by atoms with Crippen molar-refractivity contribution in [1.82, 2.24) is 19.4 Å². The molecule has 3 aromatic rings. The van der Waals surface area contributed by atoms with Crippen LogP contribution in [0, 0.1) is 17.4 Å². The van der Waals surface area contributed by atoms with Gasteiger partial charge in [-0.2, -0.15) is 4.98 Å². The number of nitrogens with zero attached hydrogens (tertiary/aromatic N) is 5. The second kappa shape index (κ2) is 14.9. The lowest BCUT2D eigenvalue weighted by Crippen LogP contribution is -2.43. The van der Waals surface area contributed by atoms with Crippen LogP contribution < -0.4 is 15.8 Å². The Balaban J connectivity index is 1.76. The number of aromatic nitrogens is 3. The van der Waals surface area contributed by atoms with Crippen molar-refractivity contribution >= 4 is 36.4 Å². The predicted octanol–water partition coefficient (Wildman–Crippen LogP) is 6.83. The van der Waals surface area contributed by atoms with Crippen molar-refractivity contribution in [2.45, 2.75) is 89.9 Å². The highest BCUT2D eigenvalue weighted by atomic mass is 28.3. The Morgan fingerprint density at radius 2 is 1.60 bits per heavy atom. The van der Waals surface area contributed by atoms with Crippen LogP contribution in [-0.4, -0.2) is 73.5 Å². The van der Waals surface area contributed by atoms with Crippen LogP contribution in [0.4, 0.5) is 17.3 Å². The Hall–Kier alpha value is -3.19. The van der Waals surface area contributed by atoms with E-state index < -0.39 is 8.07 Å². The maximum absolute atomic E-state index is 13.9. The average Bonchev–Trinajstić information content (AvgIpc) is 3.00. The Kier molecular flexibility index (Phi) is 11.5. The smallest absolute Gasteiger partial charge is 0.253 e. The Morgan fingerprint density at radius 3 is 2.16 bits per heavy atom. The van der Waals surface area contributed by atoms with Gasteiger partial charge in [0.25, 0.3) is 5.56 Å². The summed E-state index contributed by atoms with van der Waals surface area (Å²) in [6.07, 6.45) is 5.30. The highest BCUT2D eigenvalue weighted by molar-refractivity contribution is 6.90. The lowest BCUT2D eigenvalue weighted by molar-refractivity contribution is 0.169. The van der Waals surface area contributed by atoms with E-state index in [0.29, 0.717) is 39.7 Å². The monoisotopic (exact) mass is 630 g/mol. The molecule has 0 bridgehead atoms. The maximum Gasteiger partial charge on any atom is 0.253 e. The van der Waals surface area contributed by atoms with Gasteiger partial charge in [0.2, 0.25) is 5.95 Å². The number of nitrogens with one attached hydrogen (secondary N) is 1. The minimum Gasteiger partial charge on any atom is -0.396 e. The molecule has 0 unspecified atom stereocenters. The number of pyridine rings is 1. The van der Waals surface area contributed by atoms with E-state index in [9.17, 15) is 9.90 Å². The molecule has 0 spiro atoms. The van der Waals surface area contributed by atoms with Gasteiger partial charge in [0.15, 0.2) is 0 Å². The number of likely N-dealkylation sites (N-methyl/N-ethyl adjacent to an activating group) is 2. The molecule has 0 saturated heterocycles. The predicted molar refractivity (Wildman–Crippen MR) is 191 cm³/mol. The largest absolute Gasteiger partial charge is 0.396 e. The fraction of sp³-hybridized carbons (Fsp3) is 0.583. The fourth-order valence-electron chi connectivity index (χ4n) is 7.24. The van der Waals surface area contributed by atoms with E-state index in [0.717, 1.165) is 55.5 Å². The first kappa shape index (κ1) is 34.7. The Morgan fingerprint density at radius 1 is 0.978 bits per heavy atom. The average molecular weight is 631 g/mol. The van der Waals surface area contributed by atoms with Crippen LogP contribution in [0.25, 0.3) is 11.0 Å². The van der Waals surface area contributed by atoms with Gasteiger partial charge in [-0.05, 0) is 86.6 Å². The summed E-state index contributed by atoms with van der Waals surface area (Å²) in [5.41, 5.74) is 8.56. The second-order valence-electron chi connectivity index (χ2n) is 14.1. The zero-order chi connectivity index (χ0) is 32.9. The molecule has 1 fully saturated rings. The third-order valence-electron chi connectivity index (χ3n) is 9.96. The van der Waals surface area contributed by atoms with Gasteiger partial charge in [-0.3, -0.25) is 9.36 Å². The summed E-state index contributed by atoms with van der Waals surface area (Å²) in [6, 6.07) is 9.99. The zero-order valence-corrected chi connectivity index (χ0v) is 29.9. The summed E-state index contributed by atoms with van der Waals surface area (Å²) in [5, 5.41) is 13.9. The molecule has 8 nitrogen and oxygen atoms in total. The summed E-state index contributed by atoms with van der Waals surface area (Å²) < 4.78 is 1.86. The zero-order valence-electron chi connectivity index (χ0n) is 28.9. The molecular formula is C36H54N6O2Si. The fourth-order valence-corrected chi connectivity index (χ4v) is 12.5. The van der Waals surface area contributed by atoms with Crippen LogP contribution in [0.5, 0.6) is 0 Å². The number of fused-ring (bicyclic) bond motifs is 1. The van der Waals surface area contributed by atoms with Gasteiger partial charge in [0, 0.05) is 62.0 Å². The van der Waals surface area contributed by atoms with Crippen LogP contribution in [0.3, 0.4) is 0 Å². The molecule has 0 aliphatic heterocycles. The molecule has 1 aromatic carbocycles. The molecular weight excluding hydrogens is 577 g/mol. The van der Waals surface area contributed by atoms with Gasteiger partial charge in [-0.1, -0.05) is 47.5 Å². The number of hydrogen-bond donors (Lipinski definition) is 2. The van der Waals surface area contributed by atoms with Crippen molar-refractivity contribution in [3.63, 3.8) is 0 Å². The van der Waals surface area contributed by atoms with Crippen LogP contribution in [-0.2, 0) is 0 Å². The lowest BCUT2D eigenvalue weighted by atomic mass is 9.86. The summed E-state index contributed by atoms with van der Waals surface area (Å²) in [6.45, 7) is 15.9. The molecule has 4 rings (SSSR count). The minimum atomic E-state index is -2.01. The van der Waals surface area contributed by atoms with E-state index in [2.05, 4.69) is 101 Å². The summed E-state index contributed by atoms with van der Waals surface area (Å²) >= 11 is 0. The molecule has 2 N–H and O–H groups in total. The summed E-state index contributed by atoms with van der Waals surface area (Å²) in [4.78, 5) is 28.0. The third kappa shape index (κ3) is 7.79. The minimum absolute atomic E-state index is 0.0278. The maximum atomic E-state index is 13.9. The quantitative estimate of drug-likeness (QED) is 0.178. The van der Waals surface area contributed by atoms with Gasteiger partial charge < -0.3 is 20.2 Å². The summed E-state index contributed by atoms with van der Waals surface area (Å²) in [5.74, 6) is 4.27. The normalized spacial score (nSPS) is 17.3. The molecule has 1 saturated carbocycles. The summed E-state index contributed by atoms with van der Waals surface area (Å²) in [7, 11) is 4.25. The SMILES string of the molecule is CC(C)[Si](C#Cc1cc(=O)n(C2CCC(CO)CC2)c2nc(Nc3ccc(N(C)CCN(C)C)cc3)ncc12)(C(C)C)C(C)C. The third-order valence-corrected chi connectivity index (χ3v) is 16.2. The molecule has 1 aliphatic rings. The van der Waals surface area contributed by atoms with Crippen molar-refractivity contribution in [3.8, 4) is 11.5 Å². The van der Waals surface area contributed by atoms with Gasteiger partial charge >= 0.3 is 0 Å². The van der Waals surface area contributed by atoms with Gasteiger partial charge in [-0.25, -0.2) is 4.98 Å². The first-order valence-electron chi connectivity index (χ1n) is 16.7. The number of aliphatic hydroxyl groups is 1. The topological polar surface area (TPSA) is 86.5 Å². The molecule has 9 heteroatoms. The van der Waals surface area contributed by atoms with Crippen molar-refractivity contribution in [3.05, 3.63) is 52.4 Å². The second-order valence-corrected chi connectivity index (χ2v) is 19.7. The molecule has 45 heavy (non-hydrogen) atoms. The number of benzene rings is 1. The van der Waals surface area contributed by atoms with Crippen LogP contribution in [0.1, 0.15) is 78.8 Å². The first-order chi connectivity index (χ1) is 21.4. The molecule has 0 radical (unpaired) electrons. The first-order valence-corrected chi connectivity index (χ1v) is 18.9. The molecule has 2 aromatic heterocycles. The molecule has 1 aliphatic carbocycles. The molecule has 0 atom stereocenters. The lowest BCUT2D eigenvalue weighted by Gasteiger charge is -2.38. The van der Waals surface area contributed by atoms with E-state index in [1.807, 2.05) is 22.9 Å².